The summed E-state index contributed by atoms with van der Waals surface area (Å²) in [7, 11) is 1.63. The van der Waals surface area contributed by atoms with Crippen molar-refractivity contribution in [1.29, 1.82) is 0 Å². The third-order valence-corrected chi connectivity index (χ3v) is 3.92. The number of methoxy groups -OCH3 is 1. The lowest BCUT2D eigenvalue weighted by molar-refractivity contribution is 0.174. The third-order valence-electron chi connectivity index (χ3n) is 3.92. The summed E-state index contributed by atoms with van der Waals surface area (Å²) >= 11 is 0. The van der Waals surface area contributed by atoms with Gasteiger partial charge in [-0.15, -0.1) is 5.10 Å². The lowest BCUT2D eigenvalue weighted by atomic mass is 10.3. The van der Waals surface area contributed by atoms with E-state index in [1.807, 2.05) is 42.5 Å². The molecule has 3 aromatic rings. The number of fused-ring (bicyclic) bond motifs is 1. The Hall–Kier alpha value is -3.75. The van der Waals surface area contributed by atoms with Gasteiger partial charge >= 0.3 is 0 Å². The van der Waals surface area contributed by atoms with Gasteiger partial charge in [0.15, 0.2) is 17.3 Å². The number of anilines is 3. The number of nitrogens with one attached hydrogen (secondary N) is 2. The molecule has 0 amide bonds. The molecule has 1 aliphatic rings. The van der Waals surface area contributed by atoms with Gasteiger partial charge in [0.2, 0.25) is 12.7 Å². The Balaban J connectivity index is 1.28. The van der Waals surface area contributed by atoms with E-state index in [0.29, 0.717) is 30.7 Å². The van der Waals surface area contributed by atoms with Crippen molar-refractivity contribution in [1.82, 2.24) is 15.2 Å². The summed E-state index contributed by atoms with van der Waals surface area (Å²) in [6, 6.07) is 12.9. The predicted molar refractivity (Wildman–Crippen MR) is 103 cm³/mol. The third kappa shape index (κ3) is 4.32. The lowest BCUT2D eigenvalue weighted by Crippen LogP contribution is -2.13. The van der Waals surface area contributed by atoms with Crippen molar-refractivity contribution in [3.05, 3.63) is 48.7 Å². The Labute approximate surface area is 161 Å². The molecule has 2 aromatic carbocycles. The van der Waals surface area contributed by atoms with Crippen molar-refractivity contribution in [3.63, 3.8) is 0 Å². The fourth-order valence-electron chi connectivity index (χ4n) is 2.57. The molecule has 9 nitrogen and oxygen atoms in total. The van der Waals surface area contributed by atoms with Gasteiger partial charge in [-0.2, -0.15) is 10.1 Å². The van der Waals surface area contributed by atoms with Crippen LogP contribution in [0.5, 0.6) is 23.0 Å². The van der Waals surface area contributed by atoms with Crippen LogP contribution in [0.2, 0.25) is 0 Å². The first kappa shape index (κ1) is 17.7. The fraction of sp³-hybridized carbons (Fsp3) is 0.211. The van der Waals surface area contributed by atoms with E-state index < -0.39 is 0 Å². The van der Waals surface area contributed by atoms with Gasteiger partial charge < -0.3 is 29.6 Å². The van der Waals surface area contributed by atoms with Crippen LogP contribution in [-0.4, -0.2) is 42.2 Å². The van der Waals surface area contributed by atoms with E-state index in [0.717, 1.165) is 22.9 Å². The summed E-state index contributed by atoms with van der Waals surface area (Å²) in [5, 5.41) is 14.2. The molecule has 144 valence electrons. The maximum absolute atomic E-state index is 5.67. The maximum Gasteiger partial charge on any atom is 0.249 e. The van der Waals surface area contributed by atoms with E-state index >= 15 is 0 Å². The molecule has 0 radical (unpaired) electrons. The molecule has 4 rings (SSSR count). The predicted octanol–water partition coefficient (Wildman–Crippen LogP) is 2.84. The second-order valence-electron chi connectivity index (χ2n) is 5.81. The van der Waals surface area contributed by atoms with Crippen LogP contribution in [0.3, 0.4) is 0 Å². The van der Waals surface area contributed by atoms with Crippen molar-refractivity contribution in [2.24, 2.45) is 0 Å². The highest BCUT2D eigenvalue weighted by atomic mass is 16.7. The van der Waals surface area contributed by atoms with Crippen molar-refractivity contribution in [2.45, 2.75) is 0 Å². The van der Waals surface area contributed by atoms with E-state index in [9.17, 15) is 0 Å². The second-order valence-corrected chi connectivity index (χ2v) is 5.81. The molecule has 0 spiro atoms. The van der Waals surface area contributed by atoms with Gasteiger partial charge in [0.1, 0.15) is 18.1 Å². The van der Waals surface area contributed by atoms with Crippen molar-refractivity contribution < 1.29 is 18.9 Å². The van der Waals surface area contributed by atoms with E-state index in [1.54, 1.807) is 13.3 Å². The van der Waals surface area contributed by atoms with Gasteiger partial charge in [0, 0.05) is 11.8 Å². The molecular formula is C19H19N5O4. The number of aromatic nitrogens is 3. The average Bonchev–Trinajstić information content (AvgIpc) is 3.20. The van der Waals surface area contributed by atoms with Gasteiger partial charge in [0.05, 0.1) is 19.9 Å². The average molecular weight is 381 g/mol. The highest BCUT2D eigenvalue weighted by Gasteiger charge is 2.13. The molecule has 2 N–H and O–H groups in total. The van der Waals surface area contributed by atoms with E-state index in [2.05, 4.69) is 25.8 Å². The minimum Gasteiger partial charge on any atom is -0.497 e. The van der Waals surface area contributed by atoms with Crippen LogP contribution in [0.25, 0.3) is 0 Å². The SMILES string of the molecule is COc1ccc(OCCNc2cnnc(Nc3ccc4c(c3)OCO4)n2)cc1. The van der Waals surface area contributed by atoms with Crippen LogP contribution in [0.1, 0.15) is 0 Å². The molecule has 0 fully saturated rings. The number of rotatable bonds is 8. The first-order chi connectivity index (χ1) is 13.8. The van der Waals surface area contributed by atoms with E-state index in [1.165, 1.54) is 0 Å². The monoisotopic (exact) mass is 381 g/mol. The molecule has 0 aliphatic carbocycles. The summed E-state index contributed by atoms with van der Waals surface area (Å²) in [5.41, 5.74) is 0.783. The van der Waals surface area contributed by atoms with Crippen molar-refractivity contribution >= 4 is 17.5 Å². The Morgan fingerprint density at radius 1 is 1.04 bits per heavy atom. The molecule has 0 saturated carbocycles. The summed E-state index contributed by atoms with van der Waals surface area (Å²) in [4.78, 5) is 4.39. The van der Waals surface area contributed by atoms with Gasteiger partial charge in [-0.1, -0.05) is 0 Å². The zero-order valence-electron chi connectivity index (χ0n) is 15.2. The summed E-state index contributed by atoms with van der Waals surface area (Å²) in [6.07, 6.45) is 1.55. The van der Waals surface area contributed by atoms with Crippen LogP contribution in [0.4, 0.5) is 17.5 Å². The number of benzene rings is 2. The lowest BCUT2D eigenvalue weighted by Gasteiger charge is -2.09. The first-order valence-corrected chi connectivity index (χ1v) is 8.67. The van der Waals surface area contributed by atoms with Crippen LogP contribution in [-0.2, 0) is 0 Å². The molecule has 1 aromatic heterocycles. The zero-order valence-corrected chi connectivity index (χ0v) is 15.2. The van der Waals surface area contributed by atoms with Crippen LogP contribution in [0, 0.1) is 0 Å². The number of ether oxygens (including phenoxy) is 4. The molecule has 0 unspecified atom stereocenters. The number of nitrogens with zero attached hydrogens (tertiary/aromatic N) is 3. The van der Waals surface area contributed by atoms with Crippen LogP contribution in [0.15, 0.2) is 48.7 Å². The first-order valence-electron chi connectivity index (χ1n) is 8.67. The smallest absolute Gasteiger partial charge is 0.249 e. The Kier molecular flexibility index (Phi) is 5.23. The maximum atomic E-state index is 5.67. The van der Waals surface area contributed by atoms with Gasteiger partial charge in [0.25, 0.3) is 0 Å². The Bertz CT molecular complexity index is 936. The molecule has 0 atom stereocenters. The molecule has 0 saturated heterocycles. The van der Waals surface area contributed by atoms with Gasteiger partial charge in [-0.3, -0.25) is 0 Å². The zero-order chi connectivity index (χ0) is 19.2. The van der Waals surface area contributed by atoms with Crippen LogP contribution < -0.4 is 29.6 Å². The Morgan fingerprint density at radius 3 is 2.71 bits per heavy atom. The fourth-order valence-corrected chi connectivity index (χ4v) is 2.57. The second kappa shape index (κ2) is 8.30. The highest BCUT2D eigenvalue weighted by Crippen LogP contribution is 2.34. The topological polar surface area (TPSA) is 99.7 Å². The summed E-state index contributed by atoms with van der Waals surface area (Å²) in [6.45, 7) is 1.27. The number of hydrogen-bond donors (Lipinski definition) is 2. The van der Waals surface area contributed by atoms with Gasteiger partial charge in [-0.25, -0.2) is 0 Å². The van der Waals surface area contributed by atoms with Crippen LogP contribution >= 0.6 is 0 Å². The molecule has 9 heteroatoms. The minimum atomic E-state index is 0.231. The quantitative estimate of drug-likeness (QED) is 0.571. The normalized spacial score (nSPS) is 11.8. The minimum absolute atomic E-state index is 0.231. The summed E-state index contributed by atoms with van der Waals surface area (Å²) < 4.78 is 21.5. The molecule has 1 aliphatic heterocycles. The highest BCUT2D eigenvalue weighted by molar-refractivity contribution is 5.60. The largest absolute Gasteiger partial charge is 0.497 e. The van der Waals surface area contributed by atoms with E-state index in [4.69, 9.17) is 18.9 Å². The molecular weight excluding hydrogens is 362 g/mol. The molecule has 2 heterocycles. The standard InChI is InChI=1S/C19H19N5O4/c1-25-14-3-5-15(6-4-14)26-9-8-20-18-11-21-24-19(23-18)22-13-2-7-16-17(10-13)28-12-27-16/h2-7,10-11H,8-9,12H2,1H3,(H2,20,22,23,24). The van der Waals surface area contributed by atoms with Crippen molar-refractivity contribution in [3.8, 4) is 23.0 Å². The van der Waals surface area contributed by atoms with Gasteiger partial charge in [-0.05, 0) is 36.4 Å². The van der Waals surface area contributed by atoms with Crippen molar-refractivity contribution in [2.75, 3.05) is 37.7 Å². The molecule has 0 bridgehead atoms. The van der Waals surface area contributed by atoms with E-state index in [-0.39, 0.29) is 6.79 Å². The summed E-state index contributed by atoms with van der Waals surface area (Å²) in [5.74, 6) is 3.94. The molecule has 28 heavy (non-hydrogen) atoms. The Morgan fingerprint density at radius 2 is 1.86 bits per heavy atom. The number of hydrogen-bond acceptors (Lipinski definition) is 9.